The molecule has 2 atom stereocenters. The standard InChI is InChI=1S/C13H22N2O3/c1-9(2)6-11-13(17)15(7-12(16)14-11)10-4-3-5-18-8-10/h9-11H,3-8H2,1-2H3,(H,14,16). The molecule has 1 N–H and O–H groups in total. The maximum atomic E-state index is 12.4. The van der Waals surface area contributed by atoms with E-state index in [1.807, 2.05) is 0 Å². The first-order valence-electron chi connectivity index (χ1n) is 6.75. The van der Waals surface area contributed by atoms with Gasteiger partial charge in [-0.2, -0.15) is 0 Å². The van der Waals surface area contributed by atoms with Gasteiger partial charge in [-0.15, -0.1) is 0 Å². The molecule has 2 aliphatic rings. The minimum atomic E-state index is -0.354. The summed E-state index contributed by atoms with van der Waals surface area (Å²) in [4.78, 5) is 25.8. The van der Waals surface area contributed by atoms with Gasteiger partial charge in [-0.05, 0) is 25.2 Å². The van der Waals surface area contributed by atoms with Crippen LogP contribution >= 0.6 is 0 Å². The second-order valence-corrected chi connectivity index (χ2v) is 5.59. The summed E-state index contributed by atoms with van der Waals surface area (Å²) >= 11 is 0. The molecule has 2 saturated heterocycles. The minimum Gasteiger partial charge on any atom is -0.379 e. The van der Waals surface area contributed by atoms with Gasteiger partial charge in [-0.1, -0.05) is 13.8 Å². The molecule has 0 aromatic carbocycles. The Balaban J connectivity index is 2.04. The van der Waals surface area contributed by atoms with Crippen molar-refractivity contribution in [2.75, 3.05) is 19.8 Å². The molecule has 5 nitrogen and oxygen atoms in total. The van der Waals surface area contributed by atoms with Crippen LogP contribution in [0.4, 0.5) is 0 Å². The van der Waals surface area contributed by atoms with E-state index in [-0.39, 0.29) is 30.4 Å². The Bertz CT molecular complexity index is 324. The zero-order chi connectivity index (χ0) is 13.1. The highest BCUT2D eigenvalue weighted by molar-refractivity contribution is 5.95. The number of rotatable bonds is 3. The molecule has 0 bridgehead atoms. The van der Waals surface area contributed by atoms with Gasteiger partial charge in [0, 0.05) is 6.61 Å². The van der Waals surface area contributed by atoms with Gasteiger partial charge >= 0.3 is 0 Å². The maximum Gasteiger partial charge on any atom is 0.245 e. The summed E-state index contributed by atoms with van der Waals surface area (Å²) in [6.45, 7) is 5.62. The molecule has 0 aliphatic carbocycles. The largest absolute Gasteiger partial charge is 0.379 e. The van der Waals surface area contributed by atoms with E-state index in [4.69, 9.17) is 4.74 Å². The van der Waals surface area contributed by atoms with Gasteiger partial charge < -0.3 is 15.0 Å². The molecule has 0 aromatic heterocycles. The summed E-state index contributed by atoms with van der Waals surface area (Å²) in [7, 11) is 0. The van der Waals surface area contributed by atoms with Crippen LogP contribution in [0.2, 0.25) is 0 Å². The van der Waals surface area contributed by atoms with Gasteiger partial charge in [0.05, 0.1) is 19.2 Å². The molecule has 2 heterocycles. The van der Waals surface area contributed by atoms with Crippen molar-refractivity contribution in [3.8, 4) is 0 Å². The average molecular weight is 254 g/mol. The highest BCUT2D eigenvalue weighted by Crippen LogP contribution is 2.19. The van der Waals surface area contributed by atoms with E-state index in [2.05, 4.69) is 19.2 Å². The number of nitrogens with zero attached hydrogens (tertiary/aromatic N) is 1. The Labute approximate surface area is 108 Å². The normalized spacial score (nSPS) is 29.6. The van der Waals surface area contributed by atoms with E-state index in [9.17, 15) is 9.59 Å². The zero-order valence-electron chi connectivity index (χ0n) is 11.1. The van der Waals surface area contributed by atoms with Crippen LogP contribution in [0.5, 0.6) is 0 Å². The van der Waals surface area contributed by atoms with E-state index in [1.165, 1.54) is 0 Å². The number of nitrogens with one attached hydrogen (secondary N) is 1. The number of carbonyl (C=O) groups excluding carboxylic acids is 2. The summed E-state index contributed by atoms with van der Waals surface area (Å²) in [5.74, 6) is 0.395. The fraction of sp³-hybridized carbons (Fsp3) is 0.846. The van der Waals surface area contributed by atoms with Crippen molar-refractivity contribution < 1.29 is 14.3 Å². The number of carbonyl (C=O) groups is 2. The van der Waals surface area contributed by atoms with Crippen LogP contribution in [0.1, 0.15) is 33.1 Å². The summed E-state index contributed by atoms with van der Waals surface area (Å²) < 4.78 is 5.41. The molecule has 0 aromatic rings. The fourth-order valence-corrected chi connectivity index (χ4v) is 2.64. The summed E-state index contributed by atoms with van der Waals surface area (Å²) in [6, 6.07) is -0.278. The SMILES string of the molecule is CC(C)CC1NC(=O)CN(C2CCCOC2)C1=O. The molecule has 2 aliphatic heterocycles. The zero-order valence-corrected chi connectivity index (χ0v) is 11.1. The molecule has 2 amide bonds. The molecule has 2 rings (SSSR count). The topological polar surface area (TPSA) is 58.6 Å². The van der Waals surface area contributed by atoms with Crippen LogP contribution in [0, 0.1) is 5.92 Å². The third-order valence-electron chi connectivity index (χ3n) is 3.51. The van der Waals surface area contributed by atoms with E-state index < -0.39 is 0 Å². The lowest BCUT2D eigenvalue weighted by molar-refractivity contribution is -0.149. The number of hydrogen-bond donors (Lipinski definition) is 1. The monoisotopic (exact) mass is 254 g/mol. The molecule has 2 unspecified atom stereocenters. The Hall–Kier alpha value is -1.10. The molecule has 0 spiro atoms. The second-order valence-electron chi connectivity index (χ2n) is 5.59. The number of amides is 2. The number of hydrogen-bond acceptors (Lipinski definition) is 3. The van der Waals surface area contributed by atoms with Gasteiger partial charge in [0.2, 0.25) is 11.8 Å². The first-order chi connectivity index (χ1) is 8.58. The van der Waals surface area contributed by atoms with Crippen LogP contribution in [0.25, 0.3) is 0 Å². The molecular weight excluding hydrogens is 232 g/mol. The average Bonchev–Trinajstić information content (AvgIpc) is 2.34. The third-order valence-corrected chi connectivity index (χ3v) is 3.51. The quantitative estimate of drug-likeness (QED) is 0.799. The number of piperazine rings is 1. The van der Waals surface area contributed by atoms with E-state index in [1.54, 1.807) is 4.90 Å². The predicted octanol–water partition coefficient (Wildman–Crippen LogP) is 0.538. The van der Waals surface area contributed by atoms with Gasteiger partial charge in [-0.25, -0.2) is 0 Å². The van der Waals surface area contributed by atoms with Crippen molar-refractivity contribution in [3.63, 3.8) is 0 Å². The summed E-state index contributed by atoms with van der Waals surface area (Å²) in [6.07, 6.45) is 2.60. The Morgan fingerprint density at radius 3 is 2.83 bits per heavy atom. The van der Waals surface area contributed by atoms with Crippen molar-refractivity contribution in [2.24, 2.45) is 5.92 Å². The molecule has 5 heteroatoms. The molecule has 102 valence electrons. The first-order valence-corrected chi connectivity index (χ1v) is 6.75. The molecule has 0 radical (unpaired) electrons. The predicted molar refractivity (Wildman–Crippen MR) is 66.9 cm³/mol. The van der Waals surface area contributed by atoms with Gasteiger partial charge in [0.25, 0.3) is 0 Å². The number of ether oxygens (including phenoxy) is 1. The first kappa shape index (κ1) is 13.3. The van der Waals surface area contributed by atoms with Crippen molar-refractivity contribution in [1.82, 2.24) is 10.2 Å². The maximum absolute atomic E-state index is 12.4. The van der Waals surface area contributed by atoms with Crippen molar-refractivity contribution >= 4 is 11.8 Å². The van der Waals surface area contributed by atoms with Crippen molar-refractivity contribution in [3.05, 3.63) is 0 Å². The summed E-state index contributed by atoms with van der Waals surface area (Å²) in [5.41, 5.74) is 0. The smallest absolute Gasteiger partial charge is 0.245 e. The minimum absolute atomic E-state index is 0.0502. The van der Waals surface area contributed by atoms with Crippen LogP contribution in [0.15, 0.2) is 0 Å². The van der Waals surface area contributed by atoms with E-state index >= 15 is 0 Å². The lowest BCUT2D eigenvalue weighted by Gasteiger charge is -2.39. The van der Waals surface area contributed by atoms with E-state index in [0.29, 0.717) is 18.9 Å². The summed E-state index contributed by atoms with van der Waals surface area (Å²) in [5, 5.41) is 2.80. The lowest BCUT2D eigenvalue weighted by atomic mass is 9.98. The van der Waals surface area contributed by atoms with Crippen LogP contribution < -0.4 is 5.32 Å². The Morgan fingerprint density at radius 1 is 1.44 bits per heavy atom. The van der Waals surface area contributed by atoms with Gasteiger partial charge in [0.1, 0.15) is 6.04 Å². The van der Waals surface area contributed by atoms with Crippen molar-refractivity contribution in [1.29, 1.82) is 0 Å². The molecular formula is C13H22N2O3. The molecule has 18 heavy (non-hydrogen) atoms. The van der Waals surface area contributed by atoms with Crippen LogP contribution in [-0.2, 0) is 14.3 Å². The Morgan fingerprint density at radius 2 is 2.22 bits per heavy atom. The second kappa shape index (κ2) is 5.69. The Kier molecular flexibility index (Phi) is 4.22. The lowest BCUT2D eigenvalue weighted by Crippen LogP contribution is -2.62. The van der Waals surface area contributed by atoms with Crippen LogP contribution in [-0.4, -0.2) is 48.6 Å². The fourth-order valence-electron chi connectivity index (χ4n) is 2.64. The highest BCUT2D eigenvalue weighted by atomic mass is 16.5. The molecule has 0 saturated carbocycles. The van der Waals surface area contributed by atoms with Crippen molar-refractivity contribution in [2.45, 2.75) is 45.2 Å². The highest BCUT2D eigenvalue weighted by Gasteiger charge is 2.37. The van der Waals surface area contributed by atoms with Crippen LogP contribution in [0.3, 0.4) is 0 Å². The molecule has 2 fully saturated rings. The van der Waals surface area contributed by atoms with Gasteiger partial charge in [-0.3, -0.25) is 9.59 Å². The third kappa shape index (κ3) is 3.02. The van der Waals surface area contributed by atoms with Gasteiger partial charge in [0.15, 0.2) is 0 Å². The van der Waals surface area contributed by atoms with E-state index in [0.717, 1.165) is 19.4 Å².